The monoisotopic (exact) mass is 447 g/mol. The van der Waals surface area contributed by atoms with E-state index in [-0.39, 0.29) is 17.9 Å². The largest absolute Gasteiger partial charge is 0.356 e. The van der Waals surface area contributed by atoms with E-state index in [2.05, 4.69) is 4.98 Å². The van der Waals surface area contributed by atoms with Crippen molar-refractivity contribution in [3.63, 3.8) is 0 Å². The molecule has 10 heteroatoms. The number of hydrogen-bond donors (Lipinski definition) is 1. The quantitative estimate of drug-likeness (QED) is 0.657. The Labute approximate surface area is 174 Å². The van der Waals surface area contributed by atoms with Crippen LogP contribution >= 0.6 is 0 Å². The number of fused-ring (bicyclic) bond motifs is 2. The third-order valence-electron chi connectivity index (χ3n) is 5.70. The maximum absolute atomic E-state index is 13.3. The molecule has 3 heterocycles. The smallest absolute Gasteiger partial charge is 0.274 e. The first-order valence-electron chi connectivity index (χ1n) is 9.58. The zero-order valence-electron chi connectivity index (χ0n) is 16.5. The van der Waals surface area contributed by atoms with Gasteiger partial charge in [0.2, 0.25) is 10.0 Å². The number of H-pyrrole nitrogens is 1. The van der Waals surface area contributed by atoms with Gasteiger partial charge >= 0.3 is 0 Å². The van der Waals surface area contributed by atoms with E-state index in [1.807, 2.05) is 0 Å². The fourth-order valence-electron chi connectivity index (χ4n) is 4.18. The average molecular weight is 448 g/mol. The van der Waals surface area contributed by atoms with Gasteiger partial charge in [0.1, 0.15) is 5.52 Å². The Morgan fingerprint density at radius 2 is 1.87 bits per heavy atom. The highest BCUT2D eigenvalue weighted by molar-refractivity contribution is 7.93. The molecule has 1 aromatic carbocycles. The molecule has 158 valence electrons. The van der Waals surface area contributed by atoms with E-state index in [0.29, 0.717) is 46.1 Å². The van der Waals surface area contributed by atoms with E-state index in [0.717, 1.165) is 11.8 Å². The van der Waals surface area contributed by atoms with Crippen molar-refractivity contribution in [3.8, 4) is 11.1 Å². The van der Waals surface area contributed by atoms with E-state index < -0.39 is 25.1 Å². The number of sulfonamides is 1. The SMILES string of the molecule is Cn1cc2c3c(c[nH]c3c1=O)CN(S(=O)(=O)C1CC1)c1ccc(CS(C)(=O)=O)cc1-2. The fraction of sp³-hybridized carbons (Fsp3) is 0.350. The van der Waals surface area contributed by atoms with E-state index in [1.165, 1.54) is 8.87 Å². The summed E-state index contributed by atoms with van der Waals surface area (Å²) in [6.07, 6.45) is 5.81. The van der Waals surface area contributed by atoms with Gasteiger partial charge in [0.25, 0.3) is 5.56 Å². The Bertz CT molecular complexity index is 1480. The molecule has 2 aromatic heterocycles. The van der Waals surface area contributed by atoms with Crippen LogP contribution in [0.3, 0.4) is 0 Å². The molecular weight excluding hydrogens is 426 g/mol. The van der Waals surface area contributed by atoms with Gasteiger partial charge in [0.05, 0.1) is 23.2 Å². The first kappa shape index (κ1) is 19.4. The lowest BCUT2D eigenvalue weighted by atomic mass is 9.99. The summed E-state index contributed by atoms with van der Waals surface area (Å²) in [6, 6.07) is 5.08. The predicted molar refractivity (Wildman–Crippen MR) is 116 cm³/mol. The Morgan fingerprint density at radius 3 is 2.53 bits per heavy atom. The molecule has 1 aliphatic carbocycles. The van der Waals surface area contributed by atoms with Gasteiger partial charge < -0.3 is 9.55 Å². The molecule has 0 radical (unpaired) electrons. The molecule has 1 aliphatic heterocycles. The van der Waals surface area contributed by atoms with Gasteiger partial charge in [-0.05, 0) is 36.1 Å². The normalized spacial score (nSPS) is 16.5. The van der Waals surface area contributed by atoms with E-state index in [9.17, 15) is 21.6 Å². The minimum Gasteiger partial charge on any atom is -0.356 e. The number of nitrogens with one attached hydrogen (secondary N) is 1. The zero-order valence-corrected chi connectivity index (χ0v) is 18.2. The van der Waals surface area contributed by atoms with Crippen LogP contribution in [-0.2, 0) is 39.2 Å². The molecule has 3 aromatic rings. The van der Waals surface area contributed by atoms with Crippen LogP contribution in [0.5, 0.6) is 0 Å². The first-order chi connectivity index (χ1) is 14.1. The van der Waals surface area contributed by atoms with Crippen molar-refractivity contribution in [2.75, 3.05) is 10.6 Å². The van der Waals surface area contributed by atoms with Gasteiger partial charge in [-0.2, -0.15) is 0 Å². The number of anilines is 1. The summed E-state index contributed by atoms with van der Waals surface area (Å²) in [5.74, 6) is -0.148. The number of benzene rings is 1. The molecule has 30 heavy (non-hydrogen) atoms. The van der Waals surface area contributed by atoms with Gasteiger partial charge in [0, 0.05) is 42.2 Å². The number of aromatic amines is 1. The maximum atomic E-state index is 13.3. The lowest BCUT2D eigenvalue weighted by Crippen LogP contribution is -2.33. The van der Waals surface area contributed by atoms with Crippen LogP contribution in [0.15, 0.2) is 35.4 Å². The van der Waals surface area contributed by atoms with E-state index >= 15 is 0 Å². The fourth-order valence-corrected chi connectivity index (χ4v) is 6.81. The summed E-state index contributed by atoms with van der Waals surface area (Å²) < 4.78 is 53.1. The Hall–Kier alpha value is -2.59. The Balaban J connectivity index is 1.84. The van der Waals surface area contributed by atoms with Crippen LogP contribution in [0, 0.1) is 0 Å². The Kier molecular flexibility index (Phi) is 4.01. The topological polar surface area (TPSA) is 109 Å². The van der Waals surface area contributed by atoms with Crippen molar-refractivity contribution in [3.05, 3.63) is 52.1 Å². The average Bonchev–Trinajstić information content (AvgIpc) is 3.44. The second-order valence-electron chi connectivity index (χ2n) is 8.20. The molecule has 8 nitrogen and oxygen atoms in total. The minimum atomic E-state index is -3.57. The lowest BCUT2D eigenvalue weighted by molar-refractivity contribution is 0.589. The number of aromatic nitrogens is 2. The van der Waals surface area contributed by atoms with Crippen LogP contribution in [-0.4, -0.2) is 37.9 Å². The number of sulfone groups is 1. The summed E-state index contributed by atoms with van der Waals surface area (Å²) in [4.78, 5) is 15.6. The van der Waals surface area contributed by atoms with Gasteiger partial charge in [0.15, 0.2) is 9.84 Å². The van der Waals surface area contributed by atoms with Crippen molar-refractivity contribution in [2.45, 2.75) is 30.4 Å². The lowest BCUT2D eigenvalue weighted by Gasteiger charge is -2.25. The number of nitrogens with zero attached hydrogens (tertiary/aromatic N) is 2. The number of pyridine rings is 1. The molecule has 0 saturated heterocycles. The molecule has 0 unspecified atom stereocenters. The number of rotatable bonds is 4. The summed E-state index contributed by atoms with van der Waals surface area (Å²) in [7, 11) is -5.20. The van der Waals surface area contributed by atoms with Gasteiger partial charge in [-0.15, -0.1) is 0 Å². The van der Waals surface area contributed by atoms with Crippen molar-refractivity contribution in [1.82, 2.24) is 9.55 Å². The molecule has 0 bridgehead atoms. The summed E-state index contributed by atoms with van der Waals surface area (Å²) >= 11 is 0. The highest BCUT2D eigenvalue weighted by Gasteiger charge is 2.42. The van der Waals surface area contributed by atoms with Crippen LogP contribution in [0.1, 0.15) is 24.0 Å². The van der Waals surface area contributed by atoms with Crippen molar-refractivity contribution < 1.29 is 16.8 Å². The highest BCUT2D eigenvalue weighted by atomic mass is 32.2. The molecule has 0 atom stereocenters. The standard InChI is InChI=1S/C20H21N3O5S2/c1-22-10-16-15-7-12(11-29(2,25)26)3-6-17(15)23(30(27,28)14-4-5-14)9-13-8-21-19(18(13)16)20(22)24/h3,6-8,10,14,21H,4-5,9,11H2,1-2H3. The first-order valence-corrected chi connectivity index (χ1v) is 13.1. The van der Waals surface area contributed by atoms with Crippen LogP contribution in [0.2, 0.25) is 0 Å². The second kappa shape index (κ2) is 6.21. The zero-order chi connectivity index (χ0) is 21.4. The van der Waals surface area contributed by atoms with Gasteiger partial charge in [-0.25, -0.2) is 16.8 Å². The highest BCUT2D eigenvalue weighted by Crippen LogP contribution is 2.44. The molecule has 5 rings (SSSR count). The summed E-state index contributed by atoms with van der Waals surface area (Å²) in [6.45, 7) is 0.122. The third kappa shape index (κ3) is 2.97. The molecular formula is C20H21N3O5S2. The molecule has 1 N–H and O–H groups in total. The van der Waals surface area contributed by atoms with Crippen LogP contribution in [0.4, 0.5) is 5.69 Å². The number of aryl methyl sites for hydroxylation is 1. The molecule has 1 fully saturated rings. The van der Waals surface area contributed by atoms with Crippen LogP contribution in [0.25, 0.3) is 22.0 Å². The van der Waals surface area contributed by atoms with Crippen molar-refractivity contribution in [1.29, 1.82) is 0 Å². The third-order valence-corrected chi connectivity index (χ3v) is 8.82. The number of hydrogen-bond acceptors (Lipinski definition) is 5. The predicted octanol–water partition coefficient (Wildman–Crippen LogP) is 1.89. The van der Waals surface area contributed by atoms with Gasteiger partial charge in [-0.1, -0.05) is 6.07 Å². The minimum absolute atomic E-state index is 0.122. The van der Waals surface area contributed by atoms with E-state index in [4.69, 9.17) is 0 Å². The molecule has 2 aliphatic rings. The second-order valence-corrected chi connectivity index (χ2v) is 12.5. The molecule has 0 amide bonds. The Morgan fingerprint density at radius 1 is 1.13 bits per heavy atom. The van der Waals surface area contributed by atoms with Gasteiger partial charge in [-0.3, -0.25) is 9.10 Å². The van der Waals surface area contributed by atoms with Crippen molar-refractivity contribution >= 4 is 36.5 Å². The summed E-state index contributed by atoms with van der Waals surface area (Å²) in [5, 5.41) is 0.284. The molecule has 0 spiro atoms. The maximum Gasteiger partial charge on any atom is 0.274 e. The van der Waals surface area contributed by atoms with Crippen molar-refractivity contribution in [2.24, 2.45) is 7.05 Å². The van der Waals surface area contributed by atoms with E-state index in [1.54, 1.807) is 37.6 Å². The molecule has 1 saturated carbocycles. The van der Waals surface area contributed by atoms with Crippen LogP contribution < -0.4 is 9.86 Å². The summed E-state index contributed by atoms with van der Waals surface area (Å²) in [5.41, 5.74) is 3.34.